The highest BCUT2D eigenvalue weighted by atomic mass is 19.4. The molecule has 3 unspecified atom stereocenters. The van der Waals surface area contributed by atoms with E-state index < -0.39 is 17.8 Å². The van der Waals surface area contributed by atoms with E-state index in [1.165, 1.54) is 12.1 Å². The molecule has 0 saturated carbocycles. The fourth-order valence-electron chi connectivity index (χ4n) is 3.12. The molecule has 1 aromatic rings. The summed E-state index contributed by atoms with van der Waals surface area (Å²) in [5.41, 5.74) is -0.759. The molecule has 1 saturated heterocycles. The third-order valence-electron chi connectivity index (χ3n) is 4.32. The van der Waals surface area contributed by atoms with Gasteiger partial charge < -0.3 is 19.5 Å². The fourth-order valence-corrected chi connectivity index (χ4v) is 3.12. The Morgan fingerprint density at radius 2 is 1.86 bits per heavy atom. The highest BCUT2D eigenvalue weighted by molar-refractivity contribution is 5.78. The number of aliphatic hydroxyl groups is 1. The van der Waals surface area contributed by atoms with Gasteiger partial charge in [0.05, 0.1) is 24.3 Å². The summed E-state index contributed by atoms with van der Waals surface area (Å²) in [5.74, 6) is 0.197. The second-order valence-corrected chi connectivity index (χ2v) is 7.24. The molecule has 0 spiro atoms. The van der Waals surface area contributed by atoms with Gasteiger partial charge >= 0.3 is 6.18 Å². The van der Waals surface area contributed by atoms with Crippen LogP contribution in [0, 0.1) is 0 Å². The number of carbonyl (C=O) groups is 1. The maximum atomic E-state index is 12.5. The first-order valence-corrected chi connectivity index (χ1v) is 9.14. The van der Waals surface area contributed by atoms with Gasteiger partial charge in [-0.25, -0.2) is 0 Å². The summed E-state index contributed by atoms with van der Waals surface area (Å²) in [6.45, 7) is 5.17. The molecular formula is C19H27F3N2O4. The Balaban J connectivity index is 1.74. The minimum Gasteiger partial charge on any atom is -0.491 e. The number of hydrogen-bond acceptors (Lipinski definition) is 5. The van der Waals surface area contributed by atoms with Gasteiger partial charge in [0.1, 0.15) is 18.5 Å². The van der Waals surface area contributed by atoms with Crippen LogP contribution in [0.1, 0.15) is 19.4 Å². The van der Waals surface area contributed by atoms with Gasteiger partial charge in [0, 0.05) is 19.6 Å². The molecule has 1 aliphatic heterocycles. The number of nitrogens with zero attached hydrogens (tertiary/aromatic N) is 2. The van der Waals surface area contributed by atoms with E-state index in [0.29, 0.717) is 13.1 Å². The van der Waals surface area contributed by atoms with Crippen molar-refractivity contribution < 1.29 is 32.5 Å². The molecule has 1 aliphatic rings. The molecule has 0 aromatic heterocycles. The van der Waals surface area contributed by atoms with Crippen LogP contribution in [0.5, 0.6) is 5.75 Å². The van der Waals surface area contributed by atoms with E-state index in [-0.39, 0.29) is 43.6 Å². The summed E-state index contributed by atoms with van der Waals surface area (Å²) in [6, 6.07) is 4.28. The number of morpholine rings is 1. The summed E-state index contributed by atoms with van der Waals surface area (Å²) in [5, 5.41) is 10.1. The number of halogens is 3. The molecule has 9 heteroatoms. The number of benzene rings is 1. The van der Waals surface area contributed by atoms with Crippen LogP contribution in [0.15, 0.2) is 24.3 Å². The summed E-state index contributed by atoms with van der Waals surface area (Å²) in [4.78, 5) is 15.8. The van der Waals surface area contributed by atoms with E-state index in [9.17, 15) is 23.1 Å². The Hall–Kier alpha value is -1.84. The summed E-state index contributed by atoms with van der Waals surface area (Å²) >= 11 is 0. The van der Waals surface area contributed by atoms with E-state index in [0.717, 1.165) is 12.1 Å². The van der Waals surface area contributed by atoms with Gasteiger partial charge in [-0.05, 0) is 45.2 Å². The molecule has 1 amide bonds. The van der Waals surface area contributed by atoms with Crippen molar-refractivity contribution in [3.8, 4) is 5.75 Å². The first-order chi connectivity index (χ1) is 13.0. The Morgan fingerprint density at radius 1 is 1.29 bits per heavy atom. The number of likely N-dealkylation sites (N-methyl/N-ethyl adjacent to an activating group) is 1. The highest BCUT2D eigenvalue weighted by Crippen LogP contribution is 2.30. The van der Waals surface area contributed by atoms with Crippen LogP contribution < -0.4 is 4.74 Å². The molecule has 0 radical (unpaired) electrons. The monoisotopic (exact) mass is 404 g/mol. The van der Waals surface area contributed by atoms with E-state index in [2.05, 4.69) is 0 Å². The van der Waals surface area contributed by atoms with Crippen LogP contribution in [-0.4, -0.2) is 79.0 Å². The maximum absolute atomic E-state index is 12.5. The van der Waals surface area contributed by atoms with E-state index >= 15 is 0 Å². The average molecular weight is 404 g/mol. The lowest BCUT2D eigenvalue weighted by atomic mass is 10.2. The highest BCUT2D eigenvalue weighted by Gasteiger charge is 2.30. The molecule has 158 valence electrons. The van der Waals surface area contributed by atoms with Crippen LogP contribution in [-0.2, 0) is 15.7 Å². The lowest BCUT2D eigenvalue weighted by molar-refractivity contribution is -0.144. The summed E-state index contributed by atoms with van der Waals surface area (Å²) < 4.78 is 48.5. The molecule has 0 aliphatic carbocycles. The van der Waals surface area contributed by atoms with Gasteiger partial charge in [-0.1, -0.05) is 0 Å². The first kappa shape index (κ1) is 22.4. The molecule has 6 nitrogen and oxygen atoms in total. The number of amides is 1. The predicted molar refractivity (Wildman–Crippen MR) is 97.0 cm³/mol. The van der Waals surface area contributed by atoms with Crippen molar-refractivity contribution in [1.29, 1.82) is 0 Å². The largest absolute Gasteiger partial charge is 0.491 e. The summed E-state index contributed by atoms with van der Waals surface area (Å²) in [7, 11) is 1.71. The minimum absolute atomic E-state index is 0.0132. The van der Waals surface area contributed by atoms with Crippen LogP contribution in [0.25, 0.3) is 0 Å². The van der Waals surface area contributed by atoms with Crippen LogP contribution in [0.3, 0.4) is 0 Å². The maximum Gasteiger partial charge on any atom is 0.416 e. The molecule has 1 fully saturated rings. The Morgan fingerprint density at radius 3 is 2.39 bits per heavy atom. The normalized spacial score (nSPS) is 21.6. The van der Waals surface area contributed by atoms with Gasteiger partial charge in [0.15, 0.2) is 0 Å². The number of carbonyl (C=O) groups excluding carboxylic acids is 1. The number of aliphatic hydroxyl groups excluding tert-OH is 1. The van der Waals surface area contributed by atoms with Gasteiger partial charge in [-0.3, -0.25) is 9.69 Å². The second-order valence-electron chi connectivity index (χ2n) is 7.24. The van der Waals surface area contributed by atoms with Crippen molar-refractivity contribution in [1.82, 2.24) is 9.80 Å². The van der Waals surface area contributed by atoms with Crippen molar-refractivity contribution in [3.05, 3.63) is 29.8 Å². The predicted octanol–water partition coefficient (Wildman–Crippen LogP) is 2.01. The zero-order valence-electron chi connectivity index (χ0n) is 16.3. The van der Waals surface area contributed by atoms with Gasteiger partial charge in [0.25, 0.3) is 0 Å². The van der Waals surface area contributed by atoms with Crippen LogP contribution in [0.2, 0.25) is 0 Å². The molecular weight excluding hydrogens is 377 g/mol. The van der Waals surface area contributed by atoms with Crippen LogP contribution >= 0.6 is 0 Å². The molecule has 2 rings (SSSR count). The summed E-state index contributed by atoms with van der Waals surface area (Å²) in [6.07, 6.45) is -5.31. The molecule has 1 heterocycles. The molecule has 28 heavy (non-hydrogen) atoms. The number of alkyl halides is 3. The van der Waals surface area contributed by atoms with Gasteiger partial charge in [-0.15, -0.1) is 0 Å². The van der Waals surface area contributed by atoms with E-state index in [4.69, 9.17) is 9.47 Å². The third-order valence-corrected chi connectivity index (χ3v) is 4.32. The number of hydrogen-bond donors (Lipinski definition) is 1. The van der Waals surface area contributed by atoms with Crippen molar-refractivity contribution in [2.75, 3.05) is 39.8 Å². The first-order valence-electron chi connectivity index (χ1n) is 9.14. The average Bonchev–Trinajstić information content (AvgIpc) is 2.58. The topological polar surface area (TPSA) is 62.2 Å². The van der Waals surface area contributed by atoms with Gasteiger partial charge in [-0.2, -0.15) is 13.2 Å². The molecule has 1 aromatic carbocycles. The van der Waals surface area contributed by atoms with Crippen molar-refractivity contribution in [2.45, 2.75) is 38.3 Å². The second kappa shape index (κ2) is 9.58. The SMILES string of the molecule is CC1CN(C(=O)CN(C)CC(O)COc2ccc(C(F)(F)F)cc2)CC(C)O1. The molecule has 0 bridgehead atoms. The van der Waals surface area contributed by atoms with Crippen molar-refractivity contribution >= 4 is 5.91 Å². The fraction of sp³-hybridized carbons (Fsp3) is 0.632. The quantitative estimate of drug-likeness (QED) is 0.754. The van der Waals surface area contributed by atoms with Crippen molar-refractivity contribution in [2.24, 2.45) is 0 Å². The molecule has 3 atom stereocenters. The zero-order valence-corrected chi connectivity index (χ0v) is 16.3. The Bertz CT molecular complexity index is 629. The van der Waals surface area contributed by atoms with E-state index in [1.807, 2.05) is 13.8 Å². The minimum atomic E-state index is -4.40. The lowest BCUT2D eigenvalue weighted by Crippen LogP contribution is -2.51. The van der Waals surface area contributed by atoms with Gasteiger partial charge in [0.2, 0.25) is 5.91 Å². The lowest BCUT2D eigenvalue weighted by Gasteiger charge is -2.36. The Kier molecular flexibility index (Phi) is 7.68. The zero-order chi connectivity index (χ0) is 20.9. The third kappa shape index (κ3) is 6.96. The smallest absolute Gasteiger partial charge is 0.416 e. The van der Waals surface area contributed by atoms with Crippen LogP contribution in [0.4, 0.5) is 13.2 Å². The number of ether oxygens (including phenoxy) is 2. The standard InChI is InChI=1S/C19H27F3N2O4/c1-13-8-24(9-14(2)28-13)18(26)11-23(3)10-16(25)12-27-17-6-4-15(5-7-17)19(20,21)22/h4-7,13-14,16,25H,8-12H2,1-3H3. The van der Waals surface area contributed by atoms with Crippen molar-refractivity contribution in [3.63, 3.8) is 0 Å². The molecule has 1 N–H and O–H groups in total. The van der Waals surface area contributed by atoms with E-state index in [1.54, 1.807) is 16.8 Å². The Labute approximate surface area is 162 Å². The number of rotatable bonds is 7.